The molecule has 128 valence electrons. The second kappa shape index (κ2) is 5.92. The van der Waals surface area contributed by atoms with Crippen molar-refractivity contribution in [1.82, 2.24) is 0 Å². The Balaban J connectivity index is 2.11. The minimum Gasteiger partial charge on any atom is -0.390 e. The highest BCUT2D eigenvalue weighted by molar-refractivity contribution is 5.83. The number of aliphatic hydroxyl groups is 1. The molecule has 1 unspecified atom stereocenters. The van der Waals surface area contributed by atoms with E-state index in [2.05, 4.69) is 27.7 Å². The van der Waals surface area contributed by atoms with Gasteiger partial charge in [-0.2, -0.15) is 0 Å². The smallest absolute Gasteiger partial charge is 0.136 e. The second-order valence-electron chi connectivity index (χ2n) is 9.65. The zero-order valence-corrected chi connectivity index (χ0v) is 15.5. The molecular formula is C20H36O2. The van der Waals surface area contributed by atoms with Crippen molar-refractivity contribution in [3.05, 3.63) is 0 Å². The van der Waals surface area contributed by atoms with Crippen LogP contribution in [0.2, 0.25) is 0 Å². The van der Waals surface area contributed by atoms with Gasteiger partial charge in [0.15, 0.2) is 0 Å². The van der Waals surface area contributed by atoms with Gasteiger partial charge in [0, 0.05) is 12.3 Å². The highest BCUT2D eigenvalue weighted by Crippen LogP contribution is 2.59. The molecule has 2 fully saturated rings. The molecule has 0 saturated heterocycles. The number of carbonyl (C=O) groups excluding carboxylic acids is 1. The molecule has 2 heteroatoms. The van der Waals surface area contributed by atoms with Crippen LogP contribution in [0.1, 0.15) is 86.5 Å². The fourth-order valence-electron chi connectivity index (χ4n) is 5.19. The SMILES string of the molecule is C[C@H](C1CC[C@H]2C(=O)CCC[C@]12C)C(C)(C)CCC(C)(C)O. The molecule has 0 radical (unpaired) electrons. The van der Waals surface area contributed by atoms with Crippen LogP contribution in [0.5, 0.6) is 0 Å². The molecule has 2 rings (SSSR count). The van der Waals surface area contributed by atoms with Crippen LogP contribution >= 0.6 is 0 Å². The van der Waals surface area contributed by atoms with Gasteiger partial charge in [-0.05, 0) is 75.0 Å². The molecule has 2 nitrogen and oxygen atoms in total. The highest BCUT2D eigenvalue weighted by atomic mass is 16.3. The molecule has 22 heavy (non-hydrogen) atoms. The molecule has 0 aromatic carbocycles. The van der Waals surface area contributed by atoms with Gasteiger partial charge in [-0.3, -0.25) is 4.79 Å². The summed E-state index contributed by atoms with van der Waals surface area (Å²) < 4.78 is 0. The van der Waals surface area contributed by atoms with E-state index in [1.54, 1.807) is 0 Å². The minimum absolute atomic E-state index is 0.211. The molecule has 2 aliphatic rings. The first-order valence-electron chi connectivity index (χ1n) is 9.22. The molecular weight excluding hydrogens is 272 g/mol. The maximum atomic E-state index is 12.3. The fraction of sp³-hybridized carbons (Fsp3) is 0.950. The Hall–Kier alpha value is -0.370. The van der Waals surface area contributed by atoms with E-state index >= 15 is 0 Å². The molecule has 4 atom stereocenters. The van der Waals surface area contributed by atoms with Gasteiger partial charge in [-0.25, -0.2) is 0 Å². The van der Waals surface area contributed by atoms with E-state index in [-0.39, 0.29) is 10.8 Å². The number of ketones is 1. The third kappa shape index (κ3) is 3.42. The van der Waals surface area contributed by atoms with Crippen molar-refractivity contribution in [2.45, 2.75) is 92.1 Å². The molecule has 2 saturated carbocycles. The van der Waals surface area contributed by atoms with Gasteiger partial charge in [0.2, 0.25) is 0 Å². The number of Topliss-reactive ketones (excluding diaryl/α,β-unsaturated/α-hetero) is 1. The molecule has 0 aromatic rings. The maximum Gasteiger partial charge on any atom is 0.136 e. The molecule has 0 spiro atoms. The Kier molecular flexibility index (Phi) is 4.84. The van der Waals surface area contributed by atoms with Crippen LogP contribution in [0.4, 0.5) is 0 Å². The molecule has 1 N–H and O–H groups in total. The van der Waals surface area contributed by atoms with Gasteiger partial charge in [-0.15, -0.1) is 0 Å². The Morgan fingerprint density at radius 3 is 2.45 bits per heavy atom. The standard InChI is InChI=1S/C20H36O2/c1-14(18(2,3)12-13-19(4,5)22)15-9-10-16-17(21)8-7-11-20(15,16)6/h14-16,22H,7-13H2,1-6H3/t14-,15?,16+,20-/m1/s1. The summed E-state index contributed by atoms with van der Waals surface area (Å²) >= 11 is 0. The van der Waals surface area contributed by atoms with Crippen LogP contribution < -0.4 is 0 Å². The van der Waals surface area contributed by atoms with Crippen molar-refractivity contribution in [1.29, 1.82) is 0 Å². The van der Waals surface area contributed by atoms with Crippen molar-refractivity contribution < 1.29 is 9.90 Å². The van der Waals surface area contributed by atoms with E-state index in [1.165, 1.54) is 12.8 Å². The quantitative estimate of drug-likeness (QED) is 0.777. The Morgan fingerprint density at radius 2 is 1.86 bits per heavy atom. The number of hydrogen-bond donors (Lipinski definition) is 1. The molecule has 0 aromatic heterocycles. The third-order valence-corrected chi connectivity index (χ3v) is 7.15. The Bertz CT molecular complexity index is 418. The van der Waals surface area contributed by atoms with Gasteiger partial charge in [-0.1, -0.05) is 27.7 Å². The molecule has 0 aliphatic heterocycles. The summed E-state index contributed by atoms with van der Waals surface area (Å²) in [5.74, 6) is 2.09. The first-order chi connectivity index (χ1) is 9.97. The lowest BCUT2D eigenvalue weighted by atomic mass is 9.57. The largest absolute Gasteiger partial charge is 0.390 e. The van der Waals surface area contributed by atoms with Gasteiger partial charge in [0.05, 0.1) is 5.60 Å². The van der Waals surface area contributed by atoms with E-state index in [0.29, 0.717) is 23.5 Å². The summed E-state index contributed by atoms with van der Waals surface area (Å²) in [6, 6.07) is 0. The van der Waals surface area contributed by atoms with Crippen molar-refractivity contribution in [3.63, 3.8) is 0 Å². The van der Waals surface area contributed by atoms with Crippen LogP contribution in [0.25, 0.3) is 0 Å². The van der Waals surface area contributed by atoms with E-state index in [0.717, 1.165) is 32.1 Å². The zero-order chi connectivity index (χ0) is 16.8. The Labute approximate surface area is 137 Å². The van der Waals surface area contributed by atoms with E-state index < -0.39 is 5.60 Å². The van der Waals surface area contributed by atoms with E-state index in [4.69, 9.17) is 0 Å². The predicted octanol–water partition coefficient (Wildman–Crippen LogP) is 4.99. The van der Waals surface area contributed by atoms with Crippen molar-refractivity contribution >= 4 is 5.78 Å². The lowest BCUT2D eigenvalue weighted by Gasteiger charge is -2.47. The average Bonchev–Trinajstić information content (AvgIpc) is 2.73. The lowest BCUT2D eigenvalue weighted by molar-refractivity contribution is -0.130. The lowest BCUT2D eigenvalue weighted by Crippen LogP contribution is -2.42. The van der Waals surface area contributed by atoms with Crippen LogP contribution in [0.3, 0.4) is 0 Å². The number of carbonyl (C=O) groups is 1. The van der Waals surface area contributed by atoms with E-state index in [1.807, 2.05) is 13.8 Å². The summed E-state index contributed by atoms with van der Waals surface area (Å²) in [5, 5.41) is 10.1. The first-order valence-corrected chi connectivity index (χ1v) is 9.22. The fourth-order valence-corrected chi connectivity index (χ4v) is 5.19. The Morgan fingerprint density at radius 1 is 1.23 bits per heavy atom. The molecule has 2 aliphatic carbocycles. The second-order valence-corrected chi connectivity index (χ2v) is 9.65. The highest BCUT2D eigenvalue weighted by Gasteiger charge is 2.54. The normalized spacial score (nSPS) is 34.6. The molecule has 0 amide bonds. The minimum atomic E-state index is -0.583. The molecule has 0 heterocycles. The first kappa shape index (κ1) is 18.0. The topological polar surface area (TPSA) is 37.3 Å². The van der Waals surface area contributed by atoms with Gasteiger partial charge in [0.25, 0.3) is 0 Å². The van der Waals surface area contributed by atoms with Gasteiger partial charge >= 0.3 is 0 Å². The predicted molar refractivity (Wildman–Crippen MR) is 91.7 cm³/mol. The summed E-state index contributed by atoms with van der Waals surface area (Å²) in [6.07, 6.45) is 7.31. The van der Waals surface area contributed by atoms with Crippen LogP contribution in [-0.2, 0) is 4.79 Å². The van der Waals surface area contributed by atoms with E-state index in [9.17, 15) is 9.90 Å². The van der Waals surface area contributed by atoms with Crippen molar-refractivity contribution in [3.8, 4) is 0 Å². The van der Waals surface area contributed by atoms with Crippen LogP contribution in [0.15, 0.2) is 0 Å². The monoisotopic (exact) mass is 308 g/mol. The average molecular weight is 309 g/mol. The van der Waals surface area contributed by atoms with Crippen LogP contribution in [0, 0.1) is 28.6 Å². The third-order valence-electron chi connectivity index (χ3n) is 7.15. The number of hydrogen-bond acceptors (Lipinski definition) is 2. The van der Waals surface area contributed by atoms with Crippen LogP contribution in [-0.4, -0.2) is 16.5 Å². The summed E-state index contributed by atoms with van der Waals surface area (Å²) in [7, 11) is 0. The van der Waals surface area contributed by atoms with Crippen molar-refractivity contribution in [2.24, 2.45) is 28.6 Å². The zero-order valence-electron chi connectivity index (χ0n) is 15.5. The van der Waals surface area contributed by atoms with Gasteiger partial charge < -0.3 is 5.11 Å². The summed E-state index contributed by atoms with van der Waals surface area (Å²) in [6.45, 7) is 13.3. The summed E-state index contributed by atoms with van der Waals surface area (Å²) in [4.78, 5) is 12.3. The summed E-state index contributed by atoms with van der Waals surface area (Å²) in [5.41, 5.74) is -0.149. The van der Waals surface area contributed by atoms with Gasteiger partial charge in [0.1, 0.15) is 5.78 Å². The van der Waals surface area contributed by atoms with Crippen molar-refractivity contribution in [2.75, 3.05) is 0 Å². The number of rotatable bonds is 5. The molecule has 0 bridgehead atoms. The number of fused-ring (bicyclic) bond motifs is 1. The maximum absolute atomic E-state index is 12.3.